The molecule has 0 saturated carbocycles. The fourth-order valence-electron chi connectivity index (χ4n) is 6.72. The van der Waals surface area contributed by atoms with E-state index in [-0.39, 0.29) is 15.3 Å². The number of carbonyl (C=O) groups is 2. The van der Waals surface area contributed by atoms with E-state index in [0.29, 0.717) is 13.7 Å². The number of aromatic nitrogens is 8. The summed E-state index contributed by atoms with van der Waals surface area (Å²) < 4.78 is 9.18. The highest BCUT2D eigenvalue weighted by molar-refractivity contribution is 7.79. The number of nitrogens with one attached hydrogen (secondary N) is 6. The van der Waals surface area contributed by atoms with E-state index in [4.69, 9.17) is 83.5 Å². The third-order valence-electron chi connectivity index (χ3n) is 10.4. The second kappa shape index (κ2) is 36.5. The number of aromatic amines is 6. The number of thiazole rings is 3. The maximum absolute atomic E-state index is 10.9. The van der Waals surface area contributed by atoms with Gasteiger partial charge in [0.1, 0.15) is 25.7 Å². The fourth-order valence-corrected chi connectivity index (χ4v) is 17.0. The summed E-state index contributed by atoms with van der Waals surface area (Å²) in [6.07, 6.45) is 3.73. The van der Waals surface area contributed by atoms with Gasteiger partial charge < -0.3 is 30.1 Å². The summed E-state index contributed by atoms with van der Waals surface area (Å²) in [5.41, 5.74) is 7.72. The Morgan fingerprint density at radius 3 is 1.56 bits per heavy atom. The number of hydrogen-bond acceptors (Lipinski definition) is 21. The number of carboxylic acids is 2. The fraction of sp³-hybridized carbons (Fsp3) is 0.0877. The van der Waals surface area contributed by atoms with Gasteiger partial charge in [-0.2, -0.15) is 4.98 Å². The van der Waals surface area contributed by atoms with Crippen LogP contribution in [-0.4, -0.2) is 62.3 Å². The third kappa shape index (κ3) is 23.4. The van der Waals surface area contributed by atoms with Gasteiger partial charge in [-0.3, -0.25) is 15.0 Å². The summed E-state index contributed by atoms with van der Waals surface area (Å²) in [5, 5.41) is 26.7. The van der Waals surface area contributed by atoms with Gasteiger partial charge in [0.25, 0.3) is 5.56 Å². The minimum Gasteiger partial charge on any atom is -0.477 e. The van der Waals surface area contributed by atoms with Crippen LogP contribution in [0.1, 0.15) is 49.8 Å². The highest BCUT2D eigenvalue weighted by Gasteiger charge is 2.19. The molecule has 0 aliphatic heterocycles. The third-order valence-corrected chi connectivity index (χ3v) is 22.3. The van der Waals surface area contributed by atoms with Crippen LogP contribution in [0.3, 0.4) is 0 Å². The molecular weight excluding hydrogens is 1390 g/mol. The minimum absolute atomic E-state index is 0.0547. The predicted octanol–water partition coefficient (Wildman–Crippen LogP) is 21.5. The number of nitrogens with zero attached hydrogens (tertiary/aromatic N) is 2. The lowest BCUT2D eigenvalue weighted by Gasteiger charge is -2.03. The van der Waals surface area contributed by atoms with E-state index in [2.05, 4.69) is 107 Å². The molecule has 442 valence electrons. The summed E-state index contributed by atoms with van der Waals surface area (Å²) in [6, 6.07) is 48.4. The van der Waals surface area contributed by atoms with Gasteiger partial charge in [-0.15, -0.1) is 79.4 Å². The van der Waals surface area contributed by atoms with Crippen molar-refractivity contribution in [1.29, 1.82) is 0 Å². The van der Waals surface area contributed by atoms with Crippen molar-refractivity contribution in [3.05, 3.63) is 226 Å². The Morgan fingerprint density at radius 2 is 1.10 bits per heavy atom. The van der Waals surface area contributed by atoms with Crippen LogP contribution < -0.4 is 5.56 Å². The van der Waals surface area contributed by atoms with Crippen molar-refractivity contribution < 1.29 is 19.8 Å². The first kappa shape index (κ1) is 69.3. The largest absolute Gasteiger partial charge is 0.477 e. The first-order valence-electron chi connectivity index (χ1n) is 24.8. The Balaban J connectivity index is 0.000000160. The number of aromatic carboxylic acids is 2. The molecular formula is C57H48N8O5S16. The van der Waals surface area contributed by atoms with E-state index in [9.17, 15) is 14.4 Å². The van der Waals surface area contributed by atoms with Crippen molar-refractivity contribution in [3.63, 3.8) is 0 Å². The van der Waals surface area contributed by atoms with E-state index in [0.717, 1.165) is 82.6 Å². The molecule has 0 fully saturated rings. The van der Waals surface area contributed by atoms with Crippen molar-refractivity contribution in [2.45, 2.75) is 33.6 Å². The monoisotopic (exact) mass is 1440 g/mol. The molecule has 29 heteroatoms. The van der Waals surface area contributed by atoms with Crippen LogP contribution in [-0.2, 0) is 6.42 Å². The molecule has 8 heterocycles. The Hall–Kier alpha value is -5.84. The number of H-pyrrole nitrogens is 6. The number of aryl methyl sites for hydroxylation is 3. The van der Waals surface area contributed by atoms with Crippen molar-refractivity contribution in [2.24, 2.45) is 0 Å². The lowest BCUT2D eigenvalue weighted by Crippen LogP contribution is -2.10. The van der Waals surface area contributed by atoms with Crippen LogP contribution in [0.15, 0.2) is 167 Å². The second-order valence-electron chi connectivity index (χ2n) is 16.7. The van der Waals surface area contributed by atoms with Gasteiger partial charge in [0.2, 0.25) is 4.77 Å². The molecule has 0 spiro atoms. The standard InChI is InChI=1S/C15H11NS2.C8H7N3S.C8H12N2O.C7H5NS2.C7H4S3.C5H2O4S3.C4H4S3.C3H3NS2/c17-15-16-13(11-7-3-1-4-8-11)14(18-15)12-9-5-2-6-10-12;12-8-9-7(10-11-8)6-4-2-1-3-5-6;1-3-4-7-5-8(11)10-6(2)9-7;9-7-8-5-3-1-2-4-6(5)10-7;8-7-9-5-3-1-2-4-6(5)10-7;6-3(7)1-2(4(8)9)12-5(10)11-1;1-3-2-6-7-4(3)5;5-3-4-1-2-6-3/h1-10H,(H,16,17);1-5H,(H2,9,10,11,12);5H,3-4H2,1-2H3,(H,9,10,11);1-4H,(H,8,9);1-4H;(H,6,7)(H,8,9);2H,1H3;1-2H,(H,4,5). The maximum Gasteiger partial charge on any atom is 0.347 e. The highest BCUT2D eigenvalue weighted by Crippen LogP contribution is 2.35. The topological polar surface area (TPSA) is 212 Å². The highest BCUT2D eigenvalue weighted by atomic mass is 32.9. The van der Waals surface area contributed by atoms with E-state index in [1.807, 2.05) is 116 Å². The van der Waals surface area contributed by atoms with Crippen LogP contribution in [0.5, 0.6) is 0 Å². The predicted molar refractivity (Wildman–Crippen MR) is 385 cm³/mol. The molecule has 0 aliphatic carbocycles. The molecule has 13 rings (SSSR count). The number of hydrogen-bond donors (Lipinski definition) is 8. The SMILES string of the molecule is CCCc1cc(=O)[nH]c(C)n1.Cc1cssc1=S.O=C(O)c1sc(=S)sc1C(=O)O.S=c1[nH]c(-c2ccccc2)c(-c2ccccc2)s1.S=c1[nH]c2ccccc2s1.S=c1[nH]ccs1.S=c1nc(-c2ccccc2)[nH][nH]1.S=c1sc2ccccc2s1. The summed E-state index contributed by atoms with van der Waals surface area (Å²) in [5.74, 6) is -1.02. The molecule has 0 saturated heterocycles. The lowest BCUT2D eigenvalue weighted by atomic mass is 10.1. The first-order chi connectivity index (χ1) is 41.4. The summed E-state index contributed by atoms with van der Waals surface area (Å²) >= 11 is 44.2. The van der Waals surface area contributed by atoms with Gasteiger partial charge >= 0.3 is 11.9 Å². The smallest absolute Gasteiger partial charge is 0.347 e. The number of benzene rings is 5. The molecule has 13 nitrogen and oxygen atoms in total. The quantitative estimate of drug-likeness (QED) is 0.0551. The first-order valence-corrected chi connectivity index (χ1v) is 35.7. The van der Waals surface area contributed by atoms with Crippen LogP contribution in [0.25, 0.3) is 52.7 Å². The van der Waals surface area contributed by atoms with Crippen molar-refractivity contribution >= 4 is 217 Å². The Labute approximate surface area is 563 Å². The molecule has 0 radical (unpaired) electrons. The molecule has 0 aliphatic rings. The van der Waals surface area contributed by atoms with Gasteiger partial charge in [-0.05, 0) is 110 Å². The Morgan fingerprint density at radius 1 is 0.570 bits per heavy atom. The van der Waals surface area contributed by atoms with Crippen LogP contribution in [0.2, 0.25) is 0 Å². The number of para-hydroxylation sites is 1. The van der Waals surface area contributed by atoms with Crippen LogP contribution in [0, 0.1) is 40.6 Å². The number of rotatable bonds is 7. The minimum atomic E-state index is -1.25. The van der Waals surface area contributed by atoms with E-state index < -0.39 is 11.9 Å². The Kier molecular flexibility index (Phi) is 29.4. The second-order valence-corrected chi connectivity index (χ2v) is 31.3. The average molecular weight is 1440 g/mol. The molecule has 5 aromatic carbocycles. The summed E-state index contributed by atoms with van der Waals surface area (Å²) in [6.45, 7) is 5.90. The molecule has 0 unspecified atom stereocenters. The molecule has 0 bridgehead atoms. The van der Waals surface area contributed by atoms with E-state index in [1.165, 1.54) is 47.0 Å². The Bertz CT molecular complexity index is 4440. The zero-order valence-electron chi connectivity index (χ0n) is 45.0. The van der Waals surface area contributed by atoms with Crippen molar-refractivity contribution in [2.75, 3.05) is 0 Å². The molecule has 0 atom stereocenters. The van der Waals surface area contributed by atoms with Gasteiger partial charge in [0, 0.05) is 43.7 Å². The zero-order valence-corrected chi connectivity index (χ0v) is 58.1. The zero-order chi connectivity index (χ0) is 62.0. The number of carboxylic acid groups (broad SMARTS) is 2. The molecule has 13 aromatic rings. The number of fused-ring (bicyclic) bond motifs is 2. The van der Waals surface area contributed by atoms with Gasteiger partial charge in [-0.1, -0.05) is 186 Å². The maximum atomic E-state index is 10.9. The van der Waals surface area contributed by atoms with Crippen LogP contribution in [0.4, 0.5) is 0 Å². The lowest BCUT2D eigenvalue weighted by molar-refractivity contribution is 0.0660. The van der Waals surface area contributed by atoms with E-state index >= 15 is 0 Å². The average Bonchev–Trinajstić information content (AvgIpc) is 3.00. The normalized spacial score (nSPS) is 9.99. The molecule has 86 heavy (non-hydrogen) atoms. The van der Waals surface area contributed by atoms with Crippen LogP contribution >= 0.6 is 186 Å². The van der Waals surface area contributed by atoms with Crippen molar-refractivity contribution in [1.82, 2.24) is 40.1 Å². The summed E-state index contributed by atoms with van der Waals surface area (Å²) in [4.78, 5) is 52.7. The molecule has 8 aromatic heterocycles. The molecule has 8 N–H and O–H groups in total. The summed E-state index contributed by atoms with van der Waals surface area (Å²) in [7, 11) is 3.36. The molecule has 0 amide bonds. The van der Waals surface area contributed by atoms with Crippen molar-refractivity contribution in [3.8, 4) is 33.1 Å². The van der Waals surface area contributed by atoms with Gasteiger partial charge in [-0.25, -0.2) is 14.6 Å². The van der Waals surface area contributed by atoms with E-state index in [1.54, 1.807) is 79.0 Å². The van der Waals surface area contributed by atoms with Gasteiger partial charge in [0.15, 0.2) is 17.7 Å². The van der Waals surface area contributed by atoms with Gasteiger partial charge in [0.05, 0.1) is 20.8 Å².